The summed E-state index contributed by atoms with van der Waals surface area (Å²) < 4.78 is 2.03. The first-order valence-corrected chi connectivity index (χ1v) is 7.73. The lowest BCUT2D eigenvalue weighted by atomic mass is 9.82. The second kappa shape index (κ2) is 6.02. The van der Waals surface area contributed by atoms with E-state index in [1.54, 1.807) is 0 Å². The van der Waals surface area contributed by atoms with Gasteiger partial charge in [-0.05, 0) is 63.6 Å². The van der Waals surface area contributed by atoms with Crippen molar-refractivity contribution in [3.63, 3.8) is 0 Å². The molecule has 0 spiro atoms. The molecular weight excluding hydrogens is 356 g/mol. The highest BCUT2D eigenvalue weighted by atomic mass is 79.9. The van der Waals surface area contributed by atoms with E-state index < -0.39 is 0 Å². The highest BCUT2D eigenvalue weighted by Crippen LogP contribution is 2.27. The lowest BCUT2D eigenvalue weighted by Gasteiger charge is -2.33. The van der Waals surface area contributed by atoms with Gasteiger partial charge in [0.25, 0.3) is 0 Å². The van der Waals surface area contributed by atoms with Crippen molar-refractivity contribution in [3.8, 4) is 0 Å². The molecular formula is C14H22Br2N2. The molecule has 0 saturated heterocycles. The fourth-order valence-electron chi connectivity index (χ4n) is 2.28. The molecule has 0 atom stereocenters. The van der Waals surface area contributed by atoms with E-state index >= 15 is 0 Å². The van der Waals surface area contributed by atoms with Crippen LogP contribution in [0.3, 0.4) is 0 Å². The molecule has 1 rings (SSSR count). The van der Waals surface area contributed by atoms with E-state index in [4.69, 9.17) is 0 Å². The smallest absolute Gasteiger partial charge is 0.0684 e. The molecule has 0 radical (unpaired) electrons. The normalized spacial score (nSPS) is 12.8. The molecule has 18 heavy (non-hydrogen) atoms. The number of nitrogens with zero attached hydrogens (tertiary/aromatic N) is 1. The largest absolute Gasteiger partial charge is 0.306 e. The highest BCUT2D eigenvalue weighted by molar-refractivity contribution is 9.11. The molecule has 2 nitrogen and oxygen atoms in total. The van der Waals surface area contributed by atoms with Crippen LogP contribution >= 0.6 is 31.9 Å². The molecule has 0 aliphatic heterocycles. The molecule has 102 valence electrons. The maximum atomic E-state index is 4.42. The quantitative estimate of drug-likeness (QED) is 0.806. The van der Waals surface area contributed by atoms with Gasteiger partial charge >= 0.3 is 0 Å². The zero-order chi connectivity index (χ0) is 14.0. The van der Waals surface area contributed by atoms with Crippen molar-refractivity contribution in [2.75, 3.05) is 0 Å². The lowest BCUT2D eigenvalue weighted by molar-refractivity contribution is 0.240. The Hall–Kier alpha value is 0.0700. The topological polar surface area (TPSA) is 24.9 Å². The van der Waals surface area contributed by atoms with E-state index in [1.165, 1.54) is 0 Å². The van der Waals surface area contributed by atoms with Gasteiger partial charge in [0.2, 0.25) is 0 Å². The zero-order valence-electron chi connectivity index (χ0n) is 11.8. The van der Waals surface area contributed by atoms with Crippen LogP contribution in [0.5, 0.6) is 0 Å². The highest BCUT2D eigenvalue weighted by Gasteiger charge is 2.25. The van der Waals surface area contributed by atoms with E-state index in [1.807, 2.05) is 12.3 Å². The van der Waals surface area contributed by atoms with Crippen LogP contribution in [0, 0.1) is 5.41 Å². The van der Waals surface area contributed by atoms with Crippen LogP contribution in [-0.2, 0) is 6.54 Å². The molecule has 0 aromatic carbocycles. The van der Waals surface area contributed by atoms with Crippen LogP contribution in [-0.4, -0.2) is 10.5 Å². The summed E-state index contributed by atoms with van der Waals surface area (Å²) in [6.07, 6.45) is 2.95. The van der Waals surface area contributed by atoms with E-state index in [9.17, 15) is 0 Å². The predicted octanol–water partition coefficient (Wildman–Crippen LogP) is 4.91. The van der Waals surface area contributed by atoms with Gasteiger partial charge in [-0.1, -0.05) is 20.8 Å². The summed E-state index contributed by atoms with van der Waals surface area (Å²) >= 11 is 6.96. The first-order chi connectivity index (χ1) is 8.09. The Bertz CT molecular complexity index is 409. The van der Waals surface area contributed by atoms with Gasteiger partial charge in [-0.15, -0.1) is 0 Å². The third-order valence-electron chi connectivity index (χ3n) is 2.59. The van der Waals surface area contributed by atoms with Gasteiger partial charge in [-0.25, -0.2) is 0 Å². The third kappa shape index (κ3) is 5.81. The molecule has 1 N–H and O–H groups in total. The fourth-order valence-corrected chi connectivity index (χ4v) is 3.41. The minimum Gasteiger partial charge on any atom is -0.306 e. The molecule has 0 aliphatic rings. The summed E-state index contributed by atoms with van der Waals surface area (Å²) in [7, 11) is 0. The summed E-state index contributed by atoms with van der Waals surface area (Å²) in [4.78, 5) is 4.42. The van der Waals surface area contributed by atoms with Crippen LogP contribution in [0.15, 0.2) is 21.2 Å². The van der Waals surface area contributed by atoms with E-state index in [0.717, 1.165) is 27.6 Å². The Morgan fingerprint density at radius 3 is 2.28 bits per heavy atom. The van der Waals surface area contributed by atoms with Crippen LogP contribution in [0.1, 0.15) is 46.7 Å². The Kier molecular flexibility index (Phi) is 5.39. The van der Waals surface area contributed by atoms with Gasteiger partial charge in [0.15, 0.2) is 0 Å². The lowest BCUT2D eigenvalue weighted by Crippen LogP contribution is -2.42. The summed E-state index contributed by atoms with van der Waals surface area (Å²) in [5.41, 5.74) is 1.47. The van der Waals surface area contributed by atoms with E-state index in [0.29, 0.717) is 5.41 Å². The monoisotopic (exact) mass is 376 g/mol. The van der Waals surface area contributed by atoms with Crippen LogP contribution in [0.25, 0.3) is 0 Å². The zero-order valence-corrected chi connectivity index (χ0v) is 14.9. The second-order valence-corrected chi connectivity index (χ2v) is 8.33. The number of hydrogen-bond donors (Lipinski definition) is 1. The predicted molar refractivity (Wildman–Crippen MR) is 84.6 cm³/mol. The van der Waals surface area contributed by atoms with Crippen molar-refractivity contribution in [1.82, 2.24) is 10.3 Å². The van der Waals surface area contributed by atoms with Gasteiger partial charge in [-0.2, -0.15) is 0 Å². The summed E-state index contributed by atoms with van der Waals surface area (Å²) in [5, 5.41) is 3.58. The van der Waals surface area contributed by atoms with Crippen molar-refractivity contribution >= 4 is 31.9 Å². The number of aromatic nitrogens is 1. The summed E-state index contributed by atoms with van der Waals surface area (Å²) in [6, 6.07) is 2.03. The first-order valence-electron chi connectivity index (χ1n) is 6.14. The third-order valence-corrected chi connectivity index (χ3v) is 3.71. The molecule has 0 fully saturated rings. The van der Waals surface area contributed by atoms with Crippen LogP contribution in [0.4, 0.5) is 0 Å². The number of rotatable bonds is 4. The fraction of sp³-hybridized carbons (Fsp3) is 0.643. The van der Waals surface area contributed by atoms with Gasteiger partial charge in [0.05, 0.1) is 5.69 Å². The maximum absolute atomic E-state index is 4.42. The molecule has 0 unspecified atom stereocenters. The first kappa shape index (κ1) is 16.1. The van der Waals surface area contributed by atoms with Gasteiger partial charge in [0.1, 0.15) is 0 Å². The summed E-state index contributed by atoms with van der Waals surface area (Å²) in [6.45, 7) is 12.1. The molecule has 0 amide bonds. The Labute approximate surface area is 127 Å². The molecule has 4 heteroatoms. The van der Waals surface area contributed by atoms with E-state index in [2.05, 4.69) is 76.8 Å². The second-order valence-electron chi connectivity index (χ2n) is 6.56. The molecule has 0 aliphatic carbocycles. The van der Waals surface area contributed by atoms with Gasteiger partial charge in [-0.3, -0.25) is 4.98 Å². The summed E-state index contributed by atoms with van der Waals surface area (Å²) in [5.74, 6) is 0. The van der Waals surface area contributed by atoms with E-state index in [-0.39, 0.29) is 5.54 Å². The molecule has 0 saturated carbocycles. The molecule has 0 bridgehead atoms. The minimum atomic E-state index is 0.104. The Morgan fingerprint density at radius 1 is 1.17 bits per heavy atom. The SMILES string of the molecule is CC(C)(C)CC(C)(C)NCc1ncc(Br)cc1Br. The average molecular weight is 378 g/mol. The molecule has 1 aromatic heterocycles. The van der Waals surface area contributed by atoms with Gasteiger partial charge in [0, 0.05) is 27.2 Å². The standard InChI is InChI=1S/C14H22Br2N2/c1-13(2,3)9-14(4,5)18-8-12-11(16)6-10(15)7-17-12/h6-7,18H,8-9H2,1-5H3. The number of hydrogen-bond acceptors (Lipinski definition) is 2. The van der Waals surface area contributed by atoms with Crippen LogP contribution < -0.4 is 5.32 Å². The Morgan fingerprint density at radius 2 is 1.78 bits per heavy atom. The number of halogens is 2. The van der Waals surface area contributed by atoms with Crippen LogP contribution in [0.2, 0.25) is 0 Å². The van der Waals surface area contributed by atoms with Crippen molar-refractivity contribution in [2.45, 2.75) is 53.1 Å². The van der Waals surface area contributed by atoms with Crippen molar-refractivity contribution in [1.29, 1.82) is 0 Å². The van der Waals surface area contributed by atoms with Crippen molar-refractivity contribution < 1.29 is 0 Å². The Balaban J connectivity index is 2.64. The molecule has 1 aromatic rings. The number of nitrogens with one attached hydrogen (secondary N) is 1. The molecule has 1 heterocycles. The average Bonchev–Trinajstić information content (AvgIpc) is 2.12. The number of pyridine rings is 1. The minimum absolute atomic E-state index is 0.104. The van der Waals surface area contributed by atoms with Crippen molar-refractivity contribution in [2.24, 2.45) is 5.41 Å². The maximum Gasteiger partial charge on any atom is 0.0684 e. The van der Waals surface area contributed by atoms with Crippen molar-refractivity contribution in [3.05, 3.63) is 26.9 Å². The van der Waals surface area contributed by atoms with Gasteiger partial charge < -0.3 is 5.32 Å².